The van der Waals surface area contributed by atoms with E-state index in [-0.39, 0.29) is 5.91 Å². The molecule has 4 aromatic rings. The molecule has 0 aliphatic rings. The maximum atomic E-state index is 13.6. The van der Waals surface area contributed by atoms with Crippen molar-refractivity contribution in [2.24, 2.45) is 0 Å². The molecule has 0 N–H and O–H groups in total. The summed E-state index contributed by atoms with van der Waals surface area (Å²) in [4.78, 5) is 22.3. The van der Waals surface area contributed by atoms with Crippen LogP contribution in [0.3, 0.4) is 0 Å². The smallest absolute Gasteiger partial charge is 0.260 e. The number of carbonyl (C=O) groups excluding carboxylic acids is 1. The van der Waals surface area contributed by atoms with E-state index in [1.54, 1.807) is 11.3 Å². The van der Waals surface area contributed by atoms with Crippen molar-refractivity contribution in [2.75, 3.05) is 32.1 Å². The first-order valence-electron chi connectivity index (χ1n) is 9.43. The van der Waals surface area contributed by atoms with E-state index in [1.165, 1.54) is 0 Å². The minimum atomic E-state index is 0.00890. The number of aromatic nitrogens is 1. The Labute approximate surface area is 169 Å². The van der Waals surface area contributed by atoms with E-state index in [0.29, 0.717) is 6.54 Å². The summed E-state index contributed by atoms with van der Waals surface area (Å²) >= 11 is 1.57. The Bertz CT molecular complexity index is 1080. The maximum Gasteiger partial charge on any atom is 0.260 e. The Balaban J connectivity index is 1.74. The largest absolute Gasteiger partial charge is 0.309 e. The van der Waals surface area contributed by atoms with Crippen molar-refractivity contribution in [3.8, 4) is 0 Å². The Kier molecular flexibility index (Phi) is 5.37. The van der Waals surface area contributed by atoms with Gasteiger partial charge in [0, 0.05) is 12.1 Å². The molecule has 3 aromatic carbocycles. The Morgan fingerprint density at radius 2 is 1.68 bits per heavy atom. The normalized spacial score (nSPS) is 11.4. The van der Waals surface area contributed by atoms with E-state index in [2.05, 4.69) is 25.1 Å². The first-order chi connectivity index (χ1) is 13.6. The zero-order valence-corrected chi connectivity index (χ0v) is 16.9. The van der Waals surface area contributed by atoms with Gasteiger partial charge in [-0.25, -0.2) is 4.98 Å². The monoisotopic (exact) mass is 389 g/mol. The van der Waals surface area contributed by atoms with Crippen molar-refractivity contribution >= 4 is 43.4 Å². The fourth-order valence-corrected chi connectivity index (χ4v) is 4.35. The summed E-state index contributed by atoms with van der Waals surface area (Å²) in [6, 6.07) is 22.0. The molecule has 0 unspecified atom stereocenters. The van der Waals surface area contributed by atoms with E-state index in [9.17, 15) is 4.79 Å². The Hall–Kier alpha value is -2.76. The number of amides is 1. The molecule has 0 saturated heterocycles. The minimum absolute atomic E-state index is 0.00890. The van der Waals surface area contributed by atoms with Gasteiger partial charge in [-0.1, -0.05) is 59.9 Å². The lowest BCUT2D eigenvalue weighted by atomic mass is 10.0. The minimum Gasteiger partial charge on any atom is -0.309 e. The van der Waals surface area contributed by atoms with E-state index >= 15 is 0 Å². The lowest BCUT2D eigenvalue weighted by Gasteiger charge is -2.21. The molecule has 28 heavy (non-hydrogen) atoms. The second-order valence-corrected chi connectivity index (χ2v) is 8.11. The first-order valence-corrected chi connectivity index (χ1v) is 10.2. The summed E-state index contributed by atoms with van der Waals surface area (Å²) < 4.78 is 1.10. The highest BCUT2D eigenvalue weighted by Crippen LogP contribution is 2.31. The van der Waals surface area contributed by atoms with Crippen LogP contribution in [-0.4, -0.2) is 43.0 Å². The van der Waals surface area contributed by atoms with Gasteiger partial charge in [-0.15, -0.1) is 0 Å². The molecular formula is C23H23N3OS. The van der Waals surface area contributed by atoms with Crippen molar-refractivity contribution in [1.29, 1.82) is 0 Å². The number of carbonyl (C=O) groups is 1. The Morgan fingerprint density at radius 1 is 0.929 bits per heavy atom. The molecular weight excluding hydrogens is 366 g/mol. The molecule has 1 aromatic heterocycles. The quantitative estimate of drug-likeness (QED) is 0.463. The van der Waals surface area contributed by atoms with Gasteiger partial charge in [-0.05, 0) is 56.0 Å². The van der Waals surface area contributed by atoms with Gasteiger partial charge in [0.25, 0.3) is 5.91 Å². The molecule has 5 heteroatoms. The van der Waals surface area contributed by atoms with Crippen LogP contribution in [0.15, 0.2) is 66.7 Å². The summed E-state index contributed by atoms with van der Waals surface area (Å²) in [6.45, 7) is 1.56. The molecule has 0 bridgehead atoms. The average Bonchev–Trinajstić information content (AvgIpc) is 3.14. The second-order valence-electron chi connectivity index (χ2n) is 7.10. The van der Waals surface area contributed by atoms with Crippen LogP contribution in [-0.2, 0) is 0 Å². The van der Waals surface area contributed by atoms with Gasteiger partial charge < -0.3 is 4.90 Å². The van der Waals surface area contributed by atoms with E-state index in [0.717, 1.165) is 44.6 Å². The van der Waals surface area contributed by atoms with Crippen molar-refractivity contribution in [3.63, 3.8) is 0 Å². The topological polar surface area (TPSA) is 36.4 Å². The van der Waals surface area contributed by atoms with Crippen LogP contribution >= 0.6 is 11.3 Å². The standard InChI is InChI=1S/C23H23N3OS/c1-25(2)15-8-16-26(23-24-20-13-5-6-14-21(20)28-23)22(27)19-12-7-10-17-9-3-4-11-18(17)19/h3-7,9-14H,8,15-16H2,1-2H3. The number of anilines is 1. The molecule has 4 nitrogen and oxygen atoms in total. The SMILES string of the molecule is CN(C)CCCN(C(=O)c1cccc2ccccc12)c1nc2ccccc2s1. The maximum absolute atomic E-state index is 13.6. The number of hydrogen-bond donors (Lipinski definition) is 0. The third-order valence-electron chi connectivity index (χ3n) is 4.77. The summed E-state index contributed by atoms with van der Waals surface area (Å²) in [7, 11) is 4.10. The molecule has 1 amide bonds. The number of para-hydroxylation sites is 1. The molecule has 0 spiro atoms. The third-order valence-corrected chi connectivity index (χ3v) is 5.83. The van der Waals surface area contributed by atoms with E-state index in [1.807, 2.05) is 65.6 Å². The molecule has 0 saturated carbocycles. The average molecular weight is 390 g/mol. The van der Waals surface area contributed by atoms with Crippen molar-refractivity contribution in [3.05, 3.63) is 72.3 Å². The molecule has 0 fully saturated rings. The lowest BCUT2D eigenvalue weighted by Crippen LogP contribution is -2.33. The predicted molar refractivity (Wildman–Crippen MR) is 118 cm³/mol. The summed E-state index contributed by atoms with van der Waals surface area (Å²) in [5.74, 6) is 0.00890. The summed E-state index contributed by atoms with van der Waals surface area (Å²) in [5, 5.41) is 2.82. The number of rotatable bonds is 6. The highest BCUT2D eigenvalue weighted by atomic mass is 32.1. The van der Waals surface area contributed by atoms with E-state index in [4.69, 9.17) is 4.98 Å². The summed E-state index contributed by atoms with van der Waals surface area (Å²) in [5.41, 5.74) is 1.66. The zero-order valence-electron chi connectivity index (χ0n) is 16.1. The fraction of sp³-hybridized carbons (Fsp3) is 0.217. The van der Waals surface area contributed by atoms with Crippen LogP contribution in [0, 0.1) is 0 Å². The molecule has 0 radical (unpaired) electrons. The highest BCUT2D eigenvalue weighted by Gasteiger charge is 2.22. The van der Waals surface area contributed by atoms with Gasteiger partial charge in [0.15, 0.2) is 5.13 Å². The molecule has 4 rings (SSSR count). The van der Waals surface area contributed by atoms with Gasteiger partial charge in [-0.3, -0.25) is 9.69 Å². The Morgan fingerprint density at radius 3 is 2.50 bits per heavy atom. The molecule has 0 atom stereocenters. The van der Waals surface area contributed by atoms with Crippen LogP contribution in [0.25, 0.3) is 21.0 Å². The van der Waals surface area contributed by atoms with Crippen LogP contribution in [0.4, 0.5) is 5.13 Å². The van der Waals surface area contributed by atoms with Gasteiger partial charge in [0.2, 0.25) is 0 Å². The number of thiazole rings is 1. The zero-order chi connectivity index (χ0) is 19.5. The van der Waals surface area contributed by atoms with E-state index < -0.39 is 0 Å². The van der Waals surface area contributed by atoms with Gasteiger partial charge in [-0.2, -0.15) is 0 Å². The number of nitrogens with zero attached hydrogens (tertiary/aromatic N) is 3. The first kappa shape index (κ1) is 18.6. The third kappa shape index (κ3) is 3.77. The van der Waals surface area contributed by atoms with Crippen molar-refractivity contribution < 1.29 is 4.79 Å². The van der Waals surface area contributed by atoms with Crippen LogP contribution in [0.1, 0.15) is 16.8 Å². The van der Waals surface area contributed by atoms with Crippen molar-refractivity contribution in [2.45, 2.75) is 6.42 Å². The number of fused-ring (bicyclic) bond motifs is 2. The van der Waals surface area contributed by atoms with Crippen LogP contribution in [0.5, 0.6) is 0 Å². The van der Waals surface area contributed by atoms with Crippen LogP contribution in [0.2, 0.25) is 0 Å². The number of hydrogen-bond acceptors (Lipinski definition) is 4. The van der Waals surface area contributed by atoms with Gasteiger partial charge in [0.05, 0.1) is 10.2 Å². The lowest BCUT2D eigenvalue weighted by molar-refractivity contribution is 0.0987. The van der Waals surface area contributed by atoms with Gasteiger partial charge >= 0.3 is 0 Å². The number of benzene rings is 3. The van der Waals surface area contributed by atoms with Crippen molar-refractivity contribution in [1.82, 2.24) is 9.88 Å². The van der Waals surface area contributed by atoms with Crippen LogP contribution < -0.4 is 4.90 Å². The molecule has 0 aliphatic carbocycles. The van der Waals surface area contributed by atoms with Gasteiger partial charge in [0.1, 0.15) is 0 Å². The summed E-state index contributed by atoms with van der Waals surface area (Å²) in [6.07, 6.45) is 0.888. The molecule has 0 aliphatic heterocycles. The molecule has 1 heterocycles. The second kappa shape index (κ2) is 8.09. The highest BCUT2D eigenvalue weighted by molar-refractivity contribution is 7.22. The molecule has 142 valence electrons. The predicted octanol–water partition coefficient (Wildman–Crippen LogP) is 5.05. The fourth-order valence-electron chi connectivity index (χ4n) is 3.36.